The summed E-state index contributed by atoms with van der Waals surface area (Å²) in [7, 11) is 1.58. The van der Waals surface area contributed by atoms with Gasteiger partial charge in [0.25, 0.3) is 5.91 Å². The van der Waals surface area contributed by atoms with E-state index in [-0.39, 0.29) is 5.91 Å². The minimum atomic E-state index is -0.963. The van der Waals surface area contributed by atoms with Crippen molar-refractivity contribution in [1.82, 2.24) is 0 Å². The monoisotopic (exact) mass is 502 g/mol. The van der Waals surface area contributed by atoms with Crippen LogP contribution in [0.25, 0.3) is 0 Å². The Kier molecular flexibility index (Phi) is 7.01. The lowest BCUT2D eigenvalue weighted by Gasteiger charge is -2.29. The molecule has 0 spiro atoms. The van der Waals surface area contributed by atoms with Gasteiger partial charge in [-0.25, -0.2) is 9.96 Å². The van der Waals surface area contributed by atoms with Crippen LogP contribution in [-0.4, -0.2) is 38.2 Å². The SMILES string of the molecule is CCCOc1ccc(C2C3C(=O)N(c4cccc(OCC)c4)C(=O)C3ON2c2ccccc2)cc1OC. The number of rotatable bonds is 9. The van der Waals surface area contributed by atoms with Gasteiger partial charge in [0.15, 0.2) is 17.6 Å². The molecule has 2 fully saturated rings. The highest BCUT2D eigenvalue weighted by molar-refractivity contribution is 6.24. The highest BCUT2D eigenvalue weighted by Crippen LogP contribution is 2.48. The second-order valence-electron chi connectivity index (χ2n) is 8.86. The summed E-state index contributed by atoms with van der Waals surface area (Å²) < 4.78 is 17.0. The van der Waals surface area contributed by atoms with Crippen molar-refractivity contribution in [3.63, 3.8) is 0 Å². The number of hydrogen-bond donors (Lipinski definition) is 0. The van der Waals surface area contributed by atoms with E-state index in [9.17, 15) is 9.59 Å². The third-order valence-corrected chi connectivity index (χ3v) is 6.50. The molecule has 3 atom stereocenters. The Morgan fingerprint density at radius 2 is 1.62 bits per heavy atom. The molecule has 0 N–H and O–H groups in total. The van der Waals surface area contributed by atoms with Gasteiger partial charge in [0.05, 0.1) is 37.7 Å². The van der Waals surface area contributed by atoms with Crippen LogP contribution in [0.5, 0.6) is 17.2 Å². The molecular formula is C29H30N2O6. The topological polar surface area (TPSA) is 77.5 Å². The number of amides is 2. The first-order valence-electron chi connectivity index (χ1n) is 12.5. The van der Waals surface area contributed by atoms with Crippen molar-refractivity contribution in [3.05, 3.63) is 78.4 Å². The maximum atomic E-state index is 13.9. The first-order chi connectivity index (χ1) is 18.1. The summed E-state index contributed by atoms with van der Waals surface area (Å²) >= 11 is 0. The van der Waals surface area contributed by atoms with Gasteiger partial charge in [-0.3, -0.25) is 14.4 Å². The zero-order chi connectivity index (χ0) is 25.9. The number of methoxy groups -OCH3 is 1. The fourth-order valence-electron chi connectivity index (χ4n) is 4.89. The first kappa shape index (κ1) is 24.6. The third-order valence-electron chi connectivity index (χ3n) is 6.50. The van der Waals surface area contributed by atoms with Crippen molar-refractivity contribution in [2.75, 3.05) is 30.3 Å². The van der Waals surface area contributed by atoms with Crippen LogP contribution in [0.15, 0.2) is 72.8 Å². The molecule has 3 aromatic carbocycles. The number of hydrogen-bond acceptors (Lipinski definition) is 7. The summed E-state index contributed by atoms with van der Waals surface area (Å²) in [5.74, 6) is 0.293. The lowest BCUT2D eigenvalue weighted by Crippen LogP contribution is -2.37. The van der Waals surface area contributed by atoms with E-state index in [1.54, 1.807) is 36.4 Å². The van der Waals surface area contributed by atoms with Crippen LogP contribution in [0.4, 0.5) is 11.4 Å². The quantitative estimate of drug-likeness (QED) is 0.384. The van der Waals surface area contributed by atoms with Gasteiger partial charge in [0, 0.05) is 6.07 Å². The smallest absolute Gasteiger partial charge is 0.266 e. The van der Waals surface area contributed by atoms with E-state index in [1.165, 1.54) is 4.90 Å². The number of anilines is 2. The van der Waals surface area contributed by atoms with Gasteiger partial charge in [-0.15, -0.1) is 0 Å². The molecule has 2 saturated heterocycles. The molecule has 5 rings (SSSR count). The van der Waals surface area contributed by atoms with E-state index in [1.807, 2.05) is 62.4 Å². The largest absolute Gasteiger partial charge is 0.494 e. The molecule has 0 aromatic heterocycles. The molecular weight excluding hydrogens is 472 g/mol. The molecule has 0 radical (unpaired) electrons. The number of hydroxylamine groups is 1. The zero-order valence-electron chi connectivity index (χ0n) is 21.1. The molecule has 2 amide bonds. The molecule has 3 unspecified atom stereocenters. The zero-order valence-corrected chi connectivity index (χ0v) is 21.1. The van der Waals surface area contributed by atoms with Gasteiger partial charge in [-0.05, 0) is 55.3 Å². The summed E-state index contributed by atoms with van der Waals surface area (Å²) in [4.78, 5) is 34.9. The van der Waals surface area contributed by atoms with E-state index in [0.29, 0.717) is 36.1 Å². The Hall–Kier alpha value is -4.04. The summed E-state index contributed by atoms with van der Waals surface area (Å²) in [5, 5.41) is 1.67. The number of benzene rings is 3. The number of carbonyl (C=O) groups excluding carboxylic acids is 2. The van der Waals surface area contributed by atoms with Crippen LogP contribution in [0, 0.1) is 5.92 Å². The van der Waals surface area contributed by atoms with Crippen molar-refractivity contribution in [3.8, 4) is 17.2 Å². The highest BCUT2D eigenvalue weighted by atomic mass is 16.7. The van der Waals surface area contributed by atoms with Crippen LogP contribution in [-0.2, 0) is 14.4 Å². The summed E-state index contributed by atoms with van der Waals surface area (Å²) in [6.45, 7) is 4.96. The second-order valence-corrected chi connectivity index (χ2v) is 8.86. The molecule has 8 nitrogen and oxygen atoms in total. The van der Waals surface area contributed by atoms with Gasteiger partial charge in [-0.1, -0.05) is 37.3 Å². The number of carbonyl (C=O) groups is 2. The number of para-hydroxylation sites is 1. The lowest BCUT2D eigenvalue weighted by molar-refractivity contribution is -0.126. The molecule has 2 aliphatic heterocycles. The molecule has 192 valence electrons. The van der Waals surface area contributed by atoms with E-state index < -0.39 is 24.0 Å². The van der Waals surface area contributed by atoms with Gasteiger partial charge in [-0.2, -0.15) is 0 Å². The molecule has 0 aliphatic carbocycles. The van der Waals surface area contributed by atoms with Crippen LogP contribution in [0.2, 0.25) is 0 Å². The first-order valence-corrected chi connectivity index (χ1v) is 12.5. The normalized spacial score (nSPS) is 20.8. The molecule has 2 heterocycles. The predicted molar refractivity (Wildman–Crippen MR) is 139 cm³/mol. The number of fused-ring (bicyclic) bond motifs is 1. The Balaban J connectivity index is 1.55. The van der Waals surface area contributed by atoms with Crippen LogP contribution >= 0.6 is 0 Å². The maximum absolute atomic E-state index is 13.9. The van der Waals surface area contributed by atoms with Crippen LogP contribution in [0.3, 0.4) is 0 Å². The number of nitrogens with zero attached hydrogens (tertiary/aromatic N) is 2. The molecule has 0 bridgehead atoms. The van der Waals surface area contributed by atoms with Crippen molar-refractivity contribution in [2.45, 2.75) is 32.4 Å². The fourth-order valence-corrected chi connectivity index (χ4v) is 4.89. The van der Waals surface area contributed by atoms with Crippen molar-refractivity contribution in [1.29, 1.82) is 0 Å². The number of imide groups is 1. The minimum absolute atomic E-state index is 0.322. The molecule has 2 aliphatic rings. The van der Waals surface area contributed by atoms with E-state index in [0.717, 1.165) is 17.7 Å². The van der Waals surface area contributed by atoms with Crippen molar-refractivity contribution in [2.24, 2.45) is 5.92 Å². The van der Waals surface area contributed by atoms with Crippen LogP contribution in [0.1, 0.15) is 31.9 Å². The molecule has 37 heavy (non-hydrogen) atoms. The van der Waals surface area contributed by atoms with Crippen LogP contribution < -0.4 is 24.2 Å². The van der Waals surface area contributed by atoms with Gasteiger partial charge >= 0.3 is 0 Å². The fraction of sp³-hybridized carbons (Fsp3) is 0.310. The van der Waals surface area contributed by atoms with Crippen molar-refractivity contribution < 1.29 is 28.6 Å². The summed E-state index contributed by atoms with van der Waals surface area (Å²) in [6.07, 6.45) is -0.0976. The van der Waals surface area contributed by atoms with Gasteiger partial charge in [0.2, 0.25) is 5.91 Å². The van der Waals surface area contributed by atoms with Gasteiger partial charge in [0.1, 0.15) is 11.7 Å². The Labute approximate surface area is 216 Å². The van der Waals surface area contributed by atoms with E-state index >= 15 is 0 Å². The molecule has 0 saturated carbocycles. The molecule has 8 heteroatoms. The standard InChI is InChI=1S/C29H30N2O6/c1-4-16-36-23-15-14-19(17-24(23)34-3)26-25-27(37-31(26)20-10-7-6-8-11-20)29(33)30(28(25)32)21-12-9-13-22(18-21)35-5-2/h6-15,17-18,25-27H,4-5,16H2,1-3H3. The highest BCUT2D eigenvalue weighted by Gasteiger charge is 2.60. The Morgan fingerprint density at radius 1 is 0.838 bits per heavy atom. The second kappa shape index (κ2) is 10.5. The van der Waals surface area contributed by atoms with E-state index in [2.05, 4.69) is 0 Å². The summed E-state index contributed by atoms with van der Waals surface area (Å²) in [6, 6.07) is 21.5. The molecule has 3 aromatic rings. The minimum Gasteiger partial charge on any atom is -0.494 e. The lowest BCUT2D eigenvalue weighted by atomic mass is 9.90. The maximum Gasteiger partial charge on any atom is 0.266 e. The van der Waals surface area contributed by atoms with Crippen molar-refractivity contribution >= 4 is 23.2 Å². The van der Waals surface area contributed by atoms with E-state index in [4.69, 9.17) is 19.0 Å². The predicted octanol–water partition coefficient (Wildman–Crippen LogP) is 4.93. The Morgan fingerprint density at radius 3 is 2.35 bits per heavy atom. The van der Waals surface area contributed by atoms with Gasteiger partial charge < -0.3 is 14.2 Å². The summed E-state index contributed by atoms with van der Waals surface area (Å²) in [5.41, 5.74) is 1.99. The third kappa shape index (κ3) is 4.49. The average molecular weight is 503 g/mol. The Bertz CT molecular complexity index is 1280. The number of ether oxygens (including phenoxy) is 3. The average Bonchev–Trinajstić information content (AvgIpc) is 3.44.